The molecule has 0 bridgehead atoms. The van der Waals surface area contributed by atoms with Crippen molar-refractivity contribution in [2.24, 2.45) is 0 Å². The van der Waals surface area contributed by atoms with Crippen LogP contribution < -0.4 is 4.90 Å². The van der Waals surface area contributed by atoms with Crippen molar-refractivity contribution in [3.05, 3.63) is 12.4 Å². The lowest BCUT2D eigenvalue weighted by molar-refractivity contribution is -0.826. The van der Waals surface area contributed by atoms with E-state index in [4.69, 9.17) is 0 Å². The topological polar surface area (TPSA) is 7.68 Å². The summed E-state index contributed by atoms with van der Waals surface area (Å²) < 4.78 is 0. The Bertz CT molecular complexity index is 125. The number of quaternary nitrogens is 1. The molecule has 1 aliphatic heterocycles. The Morgan fingerprint density at radius 3 is 3.00 bits per heavy atom. The van der Waals surface area contributed by atoms with Gasteiger partial charge in [0, 0.05) is 6.54 Å². The van der Waals surface area contributed by atoms with E-state index in [1.54, 1.807) is 0 Å². The molecule has 2 nitrogen and oxygen atoms in total. The average Bonchev–Trinajstić information content (AvgIpc) is 2.31. The van der Waals surface area contributed by atoms with Gasteiger partial charge in [-0.15, -0.1) is 0 Å². The first kappa shape index (κ1) is 7.95. The van der Waals surface area contributed by atoms with Crippen LogP contribution in [-0.2, 0) is 0 Å². The molecular weight excluding hydrogens is 144 g/mol. The lowest BCUT2D eigenvalue weighted by atomic mass is 10.4. The molecule has 0 aromatic carbocycles. The van der Waals surface area contributed by atoms with E-state index in [1.165, 1.54) is 11.3 Å². The van der Waals surface area contributed by atoms with Crippen LogP contribution in [0.3, 0.4) is 0 Å². The molecule has 1 heterocycles. The third-order valence-electron chi connectivity index (χ3n) is 1.63. The lowest BCUT2D eigenvalue weighted by Gasteiger charge is -2.13. The predicted molar refractivity (Wildman–Crippen MR) is 46.1 cm³/mol. The molecule has 3 heteroatoms. The number of nitrogens with one attached hydrogen (secondary N) is 1. The van der Waals surface area contributed by atoms with Gasteiger partial charge in [0.25, 0.3) is 0 Å². The Balaban J connectivity index is 2.14. The maximum Gasteiger partial charge on any atom is 0.156 e. The van der Waals surface area contributed by atoms with Gasteiger partial charge in [0.15, 0.2) is 6.67 Å². The van der Waals surface area contributed by atoms with Crippen molar-refractivity contribution in [2.75, 3.05) is 26.0 Å². The molecule has 0 aliphatic carbocycles. The summed E-state index contributed by atoms with van der Waals surface area (Å²) in [5, 5.41) is 0. The molecule has 0 radical (unpaired) electrons. The van der Waals surface area contributed by atoms with Gasteiger partial charge in [-0.2, -0.15) is 12.6 Å². The Morgan fingerprint density at radius 1 is 1.70 bits per heavy atom. The van der Waals surface area contributed by atoms with Crippen LogP contribution in [-0.4, -0.2) is 30.9 Å². The first-order valence-electron chi connectivity index (χ1n) is 3.68. The van der Waals surface area contributed by atoms with Gasteiger partial charge >= 0.3 is 0 Å². The van der Waals surface area contributed by atoms with Gasteiger partial charge in [0.2, 0.25) is 0 Å². The molecule has 0 spiro atoms. The minimum absolute atomic E-state index is 0.989. The Kier molecular flexibility index (Phi) is 3.09. The smallest absolute Gasteiger partial charge is 0.156 e. The SMILES string of the molecule is C[NH+]1C=CN(CCCS)C1. The second-order valence-electron chi connectivity index (χ2n) is 2.71. The third-order valence-corrected chi connectivity index (χ3v) is 1.94. The van der Waals surface area contributed by atoms with E-state index in [9.17, 15) is 0 Å². The van der Waals surface area contributed by atoms with Gasteiger partial charge in [-0.3, -0.25) is 4.90 Å². The van der Waals surface area contributed by atoms with Crippen LogP contribution in [0.25, 0.3) is 0 Å². The maximum atomic E-state index is 4.16. The molecule has 10 heavy (non-hydrogen) atoms. The normalized spacial score (nSPS) is 24.2. The maximum absolute atomic E-state index is 4.16. The van der Waals surface area contributed by atoms with Crippen molar-refractivity contribution >= 4 is 12.6 Å². The quantitative estimate of drug-likeness (QED) is 0.530. The van der Waals surface area contributed by atoms with E-state index >= 15 is 0 Å². The molecular formula is C7H15N2S+. The Hall–Kier alpha value is -0.150. The first-order valence-corrected chi connectivity index (χ1v) is 4.31. The molecule has 0 saturated heterocycles. The summed E-state index contributed by atoms with van der Waals surface area (Å²) in [6.07, 6.45) is 5.53. The van der Waals surface area contributed by atoms with Gasteiger partial charge < -0.3 is 4.90 Å². The Morgan fingerprint density at radius 2 is 2.50 bits per heavy atom. The minimum Gasteiger partial charge on any atom is -0.326 e. The molecule has 0 fully saturated rings. The summed E-state index contributed by atoms with van der Waals surface area (Å²) in [4.78, 5) is 3.78. The summed E-state index contributed by atoms with van der Waals surface area (Å²) in [6, 6.07) is 0. The van der Waals surface area contributed by atoms with E-state index in [2.05, 4.69) is 37.0 Å². The van der Waals surface area contributed by atoms with E-state index < -0.39 is 0 Å². The van der Waals surface area contributed by atoms with Crippen molar-refractivity contribution in [3.8, 4) is 0 Å². The zero-order valence-electron chi connectivity index (χ0n) is 6.38. The molecule has 1 atom stereocenters. The van der Waals surface area contributed by atoms with Crippen molar-refractivity contribution in [1.29, 1.82) is 0 Å². The summed E-state index contributed by atoms with van der Waals surface area (Å²) >= 11 is 4.16. The molecule has 58 valence electrons. The number of rotatable bonds is 3. The van der Waals surface area contributed by atoms with Crippen LogP contribution in [0.2, 0.25) is 0 Å². The lowest BCUT2D eigenvalue weighted by Crippen LogP contribution is -3.03. The highest BCUT2D eigenvalue weighted by molar-refractivity contribution is 7.80. The van der Waals surface area contributed by atoms with Gasteiger partial charge in [0.05, 0.1) is 13.2 Å². The van der Waals surface area contributed by atoms with Crippen LogP contribution in [0.4, 0.5) is 0 Å². The number of nitrogens with zero attached hydrogens (tertiary/aromatic N) is 1. The fraction of sp³-hybridized carbons (Fsp3) is 0.714. The second kappa shape index (κ2) is 3.88. The van der Waals surface area contributed by atoms with Gasteiger partial charge in [-0.25, -0.2) is 0 Å². The highest BCUT2D eigenvalue weighted by atomic mass is 32.1. The molecule has 0 saturated carbocycles. The molecule has 0 aromatic heterocycles. The summed E-state index contributed by atoms with van der Waals surface area (Å²) in [5.41, 5.74) is 0. The number of hydrogen-bond donors (Lipinski definition) is 2. The first-order chi connectivity index (χ1) is 4.83. The standard InChI is InChI=1S/C7H14N2S/c1-8-4-5-9(7-8)3-2-6-10/h4-5,10H,2-3,6-7H2,1H3/p+1. The second-order valence-corrected chi connectivity index (χ2v) is 3.16. The zero-order chi connectivity index (χ0) is 7.40. The molecule has 1 rings (SSSR count). The summed E-state index contributed by atoms with van der Waals surface area (Å²) in [7, 11) is 2.16. The van der Waals surface area contributed by atoms with E-state index in [0.717, 1.165) is 19.0 Å². The van der Waals surface area contributed by atoms with Crippen LogP contribution in [0.1, 0.15) is 6.42 Å². The highest BCUT2D eigenvalue weighted by Crippen LogP contribution is 1.93. The fourth-order valence-electron chi connectivity index (χ4n) is 1.09. The zero-order valence-corrected chi connectivity index (χ0v) is 7.27. The molecule has 0 aromatic rings. The highest BCUT2D eigenvalue weighted by Gasteiger charge is 2.10. The van der Waals surface area contributed by atoms with Crippen molar-refractivity contribution in [2.45, 2.75) is 6.42 Å². The van der Waals surface area contributed by atoms with Crippen LogP contribution in [0.15, 0.2) is 12.4 Å². The molecule has 1 aliphatic rings. The van der Waals surface area contributed by atoms with Crippen LogP contribution in [0, 0.1) is 0 Å². The van der Waals surface area contributed by atoms with Gasteiger partial charge in [-0.1, -0.05) is 0 Å². The minimum atomic E-state index is 0.989. The van der Waals surface area contributed by atoms with E-state index in [0.29, 0.717) is 0 Å². The van der Waals surface area contributed by atoms with Crippen molar-refractivity contribution in [1.82, 2.24) is 4.90 Å². The largest absolute Gasteiger partial charge is 0.326 e. The third kappa shape index (κ3) is 2.23. The number of hydrogen-bond acceptors (Lipinski definition) is 2. The summed E-state index contributed by atoms with van der Waals surface area (Å²) in [5.74, 6) is 0.989. The molecule has 1 N–H and O–H groups in total. The van der Waals surface area contributed by atoms with E-state index in [1.807, 2.05) is 0 Å². The van der Waals surface area contributed by atoms with Crippen LogP contribution >= 0.6 is 12.6 Å². The predicted octanol–water partition coefficient (Wildman–Crippen LogP) is -0.435. The number of thiol groups is 1. The molecule has 1 unspecified atom stereocenters. The fourth-order valence-corrected chi connectivity index (χ4v) is 1.23. The monoisotopic (exact) mass is 159 g/mol. The van der Waals surface area contributed by atoms with Crippen molar-refractivity contribution < 1.29 is 4.90 Å². The summed E-state index contributed by atoms with van der Waals surface area (Å²) in [6.45, 7) is 2.27. The van der Waals surface area contributed by atoms with E-state index in [-0.39, 0.29) is 0 Å². The van der Waals surface area contributed by atoms with Gasteiger partial charge in [0.1, 0.15) is 6.20 Å². The average molecular weight is 159 g/mol. The van der Waals surface area contributed by atoms with Crippen molar-refractivity contribution in [3.63, 3.8) is 0 Å². The Labute approximate surface area is 67.9 Å². The van der Waals surface area contributed by atoms with Gasteiger partial charge in [-0.05, 0) is 12.2 Å². The van der Waals surface area contributed by atoms with Crippen LogP contribution in [0.5, 0.6) is 0 Å². The molecule has 0 amide bonds.